The summed E-state index contributed by atoms with van der Waals surface area (Å²) in [5.41, 5.74) is 0.145. The number of hydrogen-bond donors (Lipinski definition) is 0. The number of hydrogen-bond acceptors (Lipinski definition) is 5. The van der Waals surface area contributed by atoms with Crippen molar-refractivity contribution < 1.29 is 27.1 Å². The monoisotopic (exact) mass is 405 g/mol. The first-order chi connectivity index (χ1) is 13.8. The normalized spacial score (nSPS) is 11.3. The van der Waals surface area contributed by atoms with Crippen molar-refractivity contribution in [3.05, 3.63) is 77.8 Å². The molecule has 0 fully saturated rings. The number of alkyl halides is 3. The minimum absolute atomic E-state index is 0.0263. The van der Waals surface area contributed by atoms with Gasteiger partial charge in [0.15, 0.2) is 12.3 Å². The average molecular weight is 405 g/mol. The van der Waals surface area contributed by atoms with E-state index in [4.69, 9.17) is 9.15 Å². The largest absolute Gasteiger partial charge is 0.484 e. The first kappa shape index (κ1) is 20.4. The Morgan fingerprint density at radius 1 is 1.21 bits per heavy atom. The SMILES string of the molecule is CN(CCc1ccccn1)C(=O)c1coc(COc2cccc(C(F)(F)F)c2)n1. The van der Waals surface area contributed by atoms with E-state index in [1.165, 1.54) is 23.3 Å². The molecule has 0 bridgehead atoms. The van der Waals surface area contributed by atoms with Gasteiger partial charge in [-0.2, -0.15) is 13.2 Å². The number of rotatable bonds is 7. The topological polar surface area (TPSA) is 68.5 Å². The van der Waals surface area contributed by atoms with Crippen LogP contribution in [-0.2, 0) is 19.2 Å². The quantitative estimate of drug-likeness (QED) is 0.595. The Morgan fingerprint density at radius 2 is 2.03 bits per heavy atom. The van der Waals surface area contributed by atoms with Gasteiger partial charge >= 0.3 is 6.18 Å². The van der Waals surface area contributed by atoms with Crippen LogP contribution in [0, 0.1) is 0 Å². The van der Waals surface area contributed by atoms with Gasteiger partial charge in [0.25, 0.3) is 5.91 Å². The third kappa shape index (κ3) is 5.56. The summed E-state index contributed by atoms with van der Waals surface area (Å²) in [5.74, 6) is -0.225. The maximum atomic E-state index is 12.7. The number of aromatic nitrogens is 2. The second-order valence-electron chi connectivity index (χ2n) is 6.24. The minimum atomic E-state index is -4.46. The highest BCUT2D eigenvalue weighted by Crippen LogP contribution is 2.31. The summed E-state index contributed by atoms with van der Waals surface area (Å²) in [7, 11) is 1.64. The van der Waals surface area contributed by atoms with E-state index in [1.807, 2.05) is 18.2 Å². The van der Waals surface area contributed by atoms with Crippen molar-refractivity contribution in [1.82, 2.24) is 14.9 Å². The standard InChI is InChI=1S/C20H18F3N3O3/c1-26(10-8-15-6-2-3-9-24-15)19(27)17-12-29-18(25-17)13-28-16-7-4-5-14(11-16)20(21,22)23/h2-7,9,11-12H,8,10,13H2,1H3. The molecule has 1 aromatic carbocycles. The first-order valence-corrected chi connectivity index (χ1v) is 8.73. The minimum Gasteiger partial charge on any atom is -0.484 e. The lowest BCUT2D eigenvalue weighted by molar-refractivity contribution is -0.137. The van der Waals surface area contributed by atoms with Gasteiger partial charge in [-0.15, -0.1) is 0 Å². The first-order valence-electron chi connectivity index (χ1n) is 8.73. The van der Waals surface area contributed by atoms with Crippen molar-refractivity contribution in [2.75, 3.05) is 13.6 Å². The molecule has 0 spiro atoms. The molecule has 3 aromatic rings. The van der Waals surface area contributed by atoms with Gasteiger partial charge in [0, 0.05) is 31.9 Å². The van der Waals surface area contributed by atoms with E-state index in [1.54, 1.807) is 13.2 Å². The molecule has 0 aliphatic rings. The Morgan fingerprint density at radius 3 is 2.76 bits per heavy atom. The van der Waals surface area contributed by atoms with E-state index in [9.17, 15) is 18.0 Å². The van der Waals surface area contributed by atoms with Crippen molar-refractivity contribution in [1.29, 1.82) is 0 Å². The van der Waals surface area contributed by atoms with Crippen molar-refractivity contribution in [2.24, 2.45) is 0 Å². The van der Waals surface area contributed by atoms with Crippen LogP contribution >= 0.6 is 0 Å². The Kier molecular flexibility index (Phi) is 6.16. The smallest absolute Gasteiger partial charge is 0.416 e. The lowest BCUT2D eigenvalue weighted by Gasteiger charge is -2.15. The molecule has 152 valence electrons. The zero-order chi connectivity index (χ0) is 20.9. The summed E-state index contributed by atoms with van der Waals surface area (Å²) < 4.78 is 48.7. The second-order valence-corrected chi connectivity index (χ2v) is 6.24. The van der Waals surface area contributed by atoms with E-state index in [2.05, 4.69) is 9.97 Å². The summed E-state index contributed by atoms with van der Waals surface area (Å²) in [4.78, 5) is 22.2. The molecule has 0 atom stereocenters. The number of ether oxygens (including phenoxy) is 1. The molecule has 0 radical (unpaired) electrons. The highest BCUT2D eigenvalue weighted by molar-refractivity contribution is 5.91. The molecule has 0 N–H and O–H groups in total. The van der Waals surface area contributed by atoms with E-state index in [-0.39, 0.29) is 29.8 Å². The van der Waals surface area contributed by atoms with Crippen LogP contribution in [0.25, 0.3) is 0 Å². The summed E-state index contributed by atoms with van der Waals surface area (Å²) in [6.07, 6.45) is -0.982. The number of likely N-dealkylation sites (N-methyl/N-ethyl adjacent to an activating group) is 1. The van der Waals surface area contributed by atoms with E-state index in [0.717, 1.165) is 17.8 Å². The van der Waals surface area contributed by atoms with Gasteiger partial charge < -0.3 is 14.1 Å². The van der Waals surface area contributed by atoms with Gasteiger partial charge in [0.2, 0.25) is 5.89 Å². The van der Waals surface area contributed by atoms with Crippen LogP contribution in [-0.4, -0.2) is 34.4 Å². The van der Waals surface area contributed by atoms with Gasteiger partial charge in [-0.1, -0.05) is 12.1 Å². The summed E-state index contributed by atoms with van der Waals surface area (Å²) in [5, 5.41) is 0. The fraction of sp³-hybridized carbons (Fsp3) is 0.250. The molecular weight excluding hydrogens is 387 g/mol. The van der Waals surface area contributed by atoms with Crippen LogP contribution in [0.1, 0.15) is 27.6 Å². The van der Waals surface area contributed by atoms with Crippen molar-refractivity contribution >= 4 is 5.91 Å². The maximum Gasteiger partial charge on any atom is 0.416 e. The molecule has 0 aliphatic heterocycles. The Balaban J connectivity index is 1.55. The predicted octanol–water partition coefficient (Wildman–Crippen LogP) is 3.98. The lowest BCUT2D eigenvalue weighted by Crippen LogP contribution is -2.29. The number of benzene rings is 1. The van der Waals surface area contributed by atoms with Crippen LogP contribution in [0.4, 0.5) is 13.2 Å². The number of halogens is 3. The molecule has 9 heteroatoms. The molecule has 0 aliphatic carbocycles. The Bertz CT molecular complexity index is 958. The fourth-order valence-corrected chi connectivity index (χ4v) is 2.51. The predicted molar refractivity (Wildman–Crippen MR) is 97.2 cm³/mol. The zero-order valence-electron chi connectivity index (χ0n) is 15.5. The summed E-state index contributed by atoms with van der Waals surface area (Å²) >= 11 is 0. The Labute approximate surface area is 165 Å². The molecule has 1 amide bonds. The molecule has 6 nitrogen and oxygen atoms in total. The number of oxazole rings is 1. The van der Waals surface area contributed by atoms with Crippen LogP contribution in [0.15, 0.2) is 59.3 Å². The third-order valence-electron chi connectivity index (χ3n) is 4.07. The van der Waals surface area contributed by atoms with Crippen molar-refractivity contribution in [2.45, 2.75) is 19.2 Å². The van der Waals surface area contributed by atoms with Crippen LogP contribution in [0.2, 0.25) is 0 Å². The van der Waals surface area contributed by atoms with Gasteiger partial charge in [-0.25, -0.2) is 4.98 Å². The van der Waals surface area contributed by atoms with Crippen LogP contribution in [0.5, 0.6) is 5.75 Å². The van der Waals surface area contributed by atoms with Gasteiger partial charge in [0.05, 0.1) is 5.56 Å². The van der Waals surface area contributed by atoms with Crippen molar-refractivity contribution in [3.63, 3.8) is 0 Å². The average Bonchev–Trinajstić information content (AvgIpc) is 3.19. The Hall–Kier alpha value is -3.36. The van der Waals surface area contributed by atoms with Crippen LogP contribution < -0.4 is 4.74 Å². The van der Waals surface area contributed by atoms with Gasteiger partial charge in [-0.3, -0.25) is 9.78 Å². The molecule has 29 heavy (non-hydrogen) atoms. The molecule has 0 unspecified atom stereocenters. The highest BCUT2D eigenvalue weighted by Gasteiger charge is 2.30. The number of carbonyl (C=O) groups is 1. The number of nitrogens with zero attached hydrogens (tertiary/aromatic N) is 3. The van der Waals surface area contributed by atoms with E-state index in [0.29, 0.717) is 13.0 Å². The fourth-order valence-electron chi connectivity index (χ4n) is 2.51. The number of pyridine rings is 1. The van der Waals surface area contributed by atoms with Gasteiger partial charge in [0.1, 0.15) is 12.0 Å². The zero-order valence-corrected chi connectivity index (χ0v) is 15.5. The van der Waals surface area contributed by atoms with Crippen molar-refractivity contribution in [3.8, 4) is 5.75 Å². The maximum absolute atomic E-state index is 12.7. The van der Waals surface area contributed by atoms with E-state index >= 15 is 0 Å². The molecule has 2 heterocycles. The summed E-state index contributed by atoms with van der Waals surface area (Å²) in [6, 6.07) is 10.1. The summed E-state index contributed by atoms with van der Waals surface area (Å²) in [6.45, 7) is 0.241. The molecular formula is C20H18F3N3O3. The number of carbonyl (C=O) groups excluding carboxylic acids is 1. The van der Waals surface area contributed by atoms with E-state index < -0.39 is 11.7 Å². The molecule has 0 saturated carbocycles. The molecule has 0 saturated heterocycles. The molecule has 2 aromatic heterocycles. The van der Waals surface area contributed by atoms with Crippen LogP contribution in [0.3, 0.4) is 0 Å². The number of amides is 1. The lowest BCUT2D eigenvalue weighted by atomic mass is 10.2. The van der Waals surface area contributed by atoms with Gasteiger partial charge in [-0.05, 0) is 30.3 Å². The molecule has 3 rings (SSSR count). The third-order valence-corrected chi connectivity index (χ3v) is 4.07. The second kappa shape index (κ2) is 8.76. The highest BCUT2D eigenvalue weighted by atomic mass is 19.4.